The van der Waals surface area contributed by atoms with Crippen LogP contribution < -0.4 is 10.6 Å². The molecular weight excluding hydrogens is 477 g/mol. The van der Waals surface area contributed by atoms with E-state index in [1.165, 1.54) is 17.7 Å². The number of carboxylic acid groups (broad SMARTS) is 1. The zero-order chi connectivity index (χ0) is 26.1. The van der Waals surface area contributed by atoms with Gasteiger partial charge in [-0.3, -0.25) is 4.79 Å². The van der Waals surface area contributed by atoms with Crippen LogP contribution in [0.2, 0.25) is 0 Å². The van der Waals surface area contributed by atoms with Crippen molar-refractivity contribution >= 4 is 17.7 Å². The number of ether oxygens (including phenoxy) is 2. The molecule has 1 fully saturated rings. The number of hydrogen-bond donors (Lipinski definition) is 3. The van der Waals surface area contributed by atoms with E-state index in [1.807, 2.05) is 0 Å². The van der Waals surface area contributed by atoms with Gasteiger partial charge in [0.05, 0.1) is 5.41 Å². The molecule has 0 radical (unpaired) electrons. The van der Waals surface area contributed by atoms with Crippen molar-refractivity contribution in [2.24, 2.45) is 0 Å². The Morgan fingerprint density at radius 3 is 2.68 bits per heavy atom. The molecular formula is C28H36FN3O5. The quantitative estimate of drug-likeness (QED) is 0.372. The molecule has 3 N–H and O–H groups in total. The lowest BCUT2D eigenvalue weighted by molar-refractivity contribution is -0.144. The predicted octanol–water partition coefficient (Wildman–Crippen LogP) is 3.63. The lowest BCUT2D eigenvalue weighted by atomic mass is 9.73. The van der Waals surface area contributed by atoms with E-state index in [2.05, 4.69) is 22.8 Å². The number of halogens is 1. The third kappa shape index (κ3) is 7.05. The first-order chi connectivity index (χ1) is 18.0. The maximum Gasteiger partial charge on any atom is 0.326 e. The number of anilines is 1. The summed E-state index contributed by atoms with van der Waals surface area (Å²) in [5.41, 5.74) is 2.06. The number of nitrogens with one attached hydrogen (secondary N) is 2. The van der Waals surface area contributed by atoms with Gasteiger partial charge in [0.2, 0.25) is 5.91 Å². The smallest absolute Gasteiger partial charge is 0.326 e. The minimum Gasteiger partial charge on any atom is -0.480 e. The number of nitrogens with zero attached hydrogens (tertiary/aromatic N) is 1. The van der Waals surface area contributed by atoms with Gasteiger partial charge in [-0.15, -0.1) is 0 Å². The molecule has 1 unspecified atom stereocenters. The Bertz CT molecular complexity index is 1060. The van der Waals surface area contributed by atoms with Crippen LogP contribution >= 0.6 is 0 Å². The monoisotopic (exact) mass is 513 g/mol. The van der Waals surface area contributed by atoms with Crippen molar-refractivity contribution in [2.45, 2.75) is 62.8 Å². The van der Waals surface area contributed by atoms with E-state index < -0.39 is 17.4 Å². The van der Waals surface area contributed by atoms with Crippen molar-refractivity contribution in [1.82, 2.24) is 10.3 Å². The summed E-state index contributed by atoms with van der Waals surface area (Å²) in [6, 6.07) is 9.00. The Morgan fingerprint density at radius 2 is 1.92 bits per heavy atom. The molecule has 200 valence electrons. The number of amides is 1. The number of rotatable bonds is 12. The molecule has 2 aliphatic heterocycles. The van der Waals surface area contributed by atoms with E-state index in [1.54, 1.807) is 12.1 Å². The molecule has 0 spiro atoms. The van der Waals surface area contributed by atoms with E-state index in [0.29, 0.717) is 38.2 Å². The largest absolute Gasteiger partial charge is 0.480 e. The molecule has 1 saturated heterocycles. The second kappa shape index (κ2) is 13.0. The van der Waals surface area contributed by atoms with Gasteiger partial charge in [-0.25, -0.2) is 14.2 Å². The highest BCUT2D eigenvalue weighted by Crippen LogP contribution is 2.35. The molecule has 4 rings (SSSR count). The van der Waals surface area contributed by atoms with Gasteiger partial charge in [-0.2, -0.15) is 0 Å². The zero-order valence-electron chi connectivity index (χ0n) is 21.1. The van der Waals surface area contributed by atoms with Crippen LogP contribution in [-0.2, 0) is 37.3 Å². The average molecular weight is 514 g/mol. The highest BCUT2D eigenvalue weighted by atomic mass is 19.1. The molecule has 0 saturated carbocycles. The fourth-order valence-electron chi connectivity index (χ4n) is 5.01. The zero-order valence-corrected chi connectivity index (χ0v) is 21.1. The highest BCUT2D eigenvalue weighted by molar-refractivity contribution is 5.91. The van der Waals surface area contributed by atoms with Gasteiger partial charge in [0.1, 0.15) is 17.7 Å². The Labute approximate surface area is 217 Å². The minimum absolute atomic E-state index is 0.162. The normalized spacial score (nSPS) is 17.3. The number of hydrogen-bond acceptors (Lipinski definition) is 6. The number of aromatic nitrogens is 1. The summed E-state index contributed by atoms with van der Waals surface area (Å²) in [6.07, 6.45) is 5.81. The third-order valence-corrected chi connectivity index (χ3v) is 7.26. The van der Waals surface area contributed by atoms with Crippen LogP contribution in [0.3, 0.4) is 0 Å². The lowest BCUT2D eigenvalue weighted by Crippen LogP contribution is -2.53. The summed E-state index contributed by atoms with van der Waals surface area (Å²) >= 11 is 0. The summed E-state index contributed by atoms with van der Waals surface area (Å²) in [5.74, 6) is -0.862. The topological polar surface area (TPSA) is 110 Å². The van der Waals surface area contributed by atoms with Crippen LogP contribution in [0.15, 0.2) is 36.4 Å². The van der Waals surface area contributed by atoms with Crippen LogP contribution in [0, 0.1) is 5.82 Å². The summed E-state index contributed by atoms with van der Waals surface area (Å²) in [4.78, 5) is 29.9. The fourth-order valence-corrected chi connectivity index (χ4v) is 5.01. The molecule has 1 atom stereocenters. The molecule has 37 heavy (non-hydrogen) atoms. The average Bonchev–Trinajstić information content (AvgIpc) is 2.92. The van der Waals surface area contributed by atoms with Crippen LogP contribution in [0.1, 0.15) is 55.3 Å². The molecule has 2 aromatic rings. The van der Waals surface area contributed by atoms with Gasteiger partial charge in [0, 0.05) is 45.1 Å². The standard InChI is InChI=1S/C28H36FN3O5/c29-22-9-7-21(8-10-22)28(13-18-37-19-14-28)27(35)32-24(26(33)34)12-17-36-16-2-1-5-23-11-6-20-4-3-15-30-25(20)31-23/h6-11,24H,1-5,12-19H2,(H,30,31)(H,32,35)(H,33,34). The molecule has 1 aromatic heterocycles. The summed E-state index contributed by atoms with van der Waals surface area (Å²) in [5, 5.41) is 15.8. The van der Waals surface area contributed by atoms with Gasteiger partial charge >= 0.3 is 5.97 Å². The molecule has 0 aliphatic carbocycles. The number of carbonyl (C=O) groups excluding carboxylic acids is 1. The van der Waals surface area contributed by atoms with E-state index in [-0.39, 0.29) is 24.8 Å². The fraction of sp³-hybridized carbons (Fsp3) is 0.536. The molecule has 8 nitrogen and oxygen atoms in total. The minimum atomic E-state index is -1.11. The maximum absolute atomic E-state index is 13.5. The van der Waals surface area contributed by atoms with Crippen LogP contribution in [0.4, 0.5) is 10.2 Å². The molecule has 3 heterocycles. The second-order valence-electron chi connectivity index (χ2n) is 9.76. The first-order valence-electron chi connectivity index (χ1n) is 13.2. The number of unbranched alkanes of at least 4 members (excludes halogenated alkanes) is 1. The van der Waals surface area contributed by atoms with Gasteiger partial charge in [0.25, 0.3) is 0 Å². The van der Waals surface area contributed by atoms with Crippen molar-refractivity contribution < 1.29 is 28.6 Å². The number of aryl methyl sites for hydroxylation is 2. The van der Waals surface area contributed by atoms with Gasteiger partial charge in [0.15, 0.2) is 0 Å². The summed E-state index contributed by atoms with van der Waals surface area (Å²) in [7, 11) is 0. The van der Waals surface area contributed by atoms with Crippen molar-refractivity contribution in [3.05, 3.63) is 59.0 Å². The maximum atomic E-state index is 13.5. The number of benzene rings is 1. The van der Waals surface area contributed by atoms with Gasteiger partial charge in [-0.05, 0) is 74.3 Å². The highest BCUT2D eigenvalue weighted by Gasteiger charge is 2.43. The summed E-state index contributed by atoms with van der Waals surface area (Å²) in [6.45, 7) is 2.47. The first-order valence-corrected chi connectivity index (χ1v) is 13.2. The van der Waals surface area contributed by atoms with Crippen LogP contribution in [0.25, 0.3) is 0 Å². The van der Waals surface area contributed by atoms with Crippen molar-refractivity contribution in [3.63, 3.8) is 0 Å². The Morgan fingerprint density at radius 1 is 1.14 bits per heavy atom. The number of pyridine rings is 1. The Kier molecular flexibility index (Phi) is 9.46. The van der Waals surface area contributed by atoms with Gasteiger partial charge in [-0.1, -0.05) is 18.2 Å². The van der Waals surface area contributed by atoms with E-state index in [4.69, 9.17) is 14.5 Å². The molecule has 0 bridgehead atoms. The summed E-state index contributed by atoms with van der Waals surface area (Å²) < 4.78 is 24.6. The molecule has 2 aliphatic rings. The van der Waals surface area contributed by atoms with Crippen molar-refractivity contribution in [2.75, 3.05) is 38.3 Å². The van der Waals surface area contributed by atoms with E-state index in [0.717, 1.165) is 50.2 Å². The molecule has 1 amide bonds. The van der Waals surface area contributed by atoms with E-state index in [9.17, 15) is 19.1 Å². The predicted molar refractivity (Wildman–Crippen MR) is 137 cm³/mol. The molecule has 1 aromatic carbocycles. The van der Waals surface area contributed by atoms with E-state index >= 15 is 0 Å². The number of fused-ring (bicyclic) bond motifs is 1. The van der Waals surface area contributed by atoms with Crippen molar-refractivity contribution in [1.29, 1.82) is 0 Å². The Balaban J connectivity index is 1.22. The lowest BCUT2D eigenvalue weighted by Gasteiger charge is -2.37. The SMILES string of the molecule is O=C(O)C(CCOCCCCc1ccc2c(n1)NCCC2)NC(=O)C1(c2ccc(F)cc2)CCOCC1. The molecule has 9 heteroatoms. The third-order valence-electron chi connectivity index (χ3n) is 7.26. The first kappa shape index (κ1) is 27.0. The number of aliphatic carboxylic acids is 1. The van der Waals surface area contributed by atoms with Crippen LogP contribution in [0.5, 0.6) is 0 Å². The Hall–Kier alpha value is -3.04. The van der Waals surface area contributed by atoms with Gasteiger partial charge < -0.3 is 25.2 Å². The number of carboxylic acids is 1. The number of carbonyl (C=O) groups is 2. The van der Waals surface area contributed by atoms with Crippen LogP contribution in [-0.4, -0.2) is 61.0 Å². The van der Waals surface area contributed by atoms with Crippen molar-refractivity contribution in [3.8, 4) is 0 Å². The second-order valence-corrected chi connectivity index (χ2v) is 9.76.